The molecule has 30 heavy (non-hydrogen) atoms. The number of methoxy groups -OCH3 is 1. The monoisotopic (exact) mass is 408 g/mol. The molecule has 6 unspecified atom stereocenters. The van der Waals surface area contributed by atoms with Gasteiger partial charge in [0.25, 0.3) is 0 Å². The van der Waals surface area contributed by atoms with E-state index in [4.69, 9.17) is 9.84 Å². The van der Waals surface area contributed by atoms with E-state index in [0.29, 0.717) is 41.4 Å². The Bertz CT molecular complexity index is 832. The molecule has 1 N–H and O–H groups in total. The molecule has 5 rings (SSSR count). The van der Waals surface area contributed by atoms with Gasteiger partial charge in [-0.15, -0.1) is 13.2 Å². The Balaban J connectivity index is 0.000000146. The van der Waals surface area contributed by atoms with Crippen molar-refractivity contribution in [3.8, 4) is 0 Å². The lowest BCUT2D eigenvalue weighted by atomic mass is 9.85. The summed E-state index contributed by atoms with van der Waals surface area (Å²) in [6.07, 6.45) is 17.0. The van der Waals surface area contributed by atoms with E-state index in [1.165, 1.54) is 13.5 Å². The number of carbonyl (C=O) groups excluding carboxylic acids is 2. The number of hydrogen-bond acceptors (Lipinski definition) is 4. The zero-order valence-corrected chi connectivity index (χ0v) is 17.7. The maximum Gasteiger partial charge on any atom is 0.333 e. The van der Waals surface area contributed by atoms with Crippen LogP contribution in [0.15, 0.2) is 60.8 Å². The number of fused-ring (bicyclic) bond motifs is 6. The molecular weight excluding hydrogens is 376 g/mol. The van der Waals surface area contributed by atoms with Crippen LogP contribution in [0.3, 0.4) is 0 Å². The normalized spacial score (nSPS) is 39.4. The summed E-state index contributed by atoms with van der Waals surface area (Å²) in [6.45, 7) is 7.36. The van der Waals surface area contributed by atoms with Crippen LogP contribution in [0.4, 0.5) is 0 Å². The summed E-state index contributed by atoms with van der Waals surface area (Å²) in [5, 5.41) is 8.87. The van der Waals surface area contributed by atoms with E-state index in [9.17, 15) is 9.59 Å². The number of rotatable bonds is 5. The maximum absolute atomic E-state index is 11.5. The van der Waals surface area contributed by atoms with E-state index in [1.54, 1.807) is 0 Å². The Hall–Kier alpha value is -2.20. The Labute approximate surface area is 179 Å². The van der Waals surface area contributed by atoms with Gasteiger partial charge >= 0.3 is 5.97 Å². The van der Waals surface area contributed by atoms with Gasteiger partial charge in [0.2, 0.25) is 0 Å². The average Bonchev–Trinajstić information content (AvgIpc) is 3.55. The van der Waals surface area contributed by atoms with Crippen LogP contribution in [-0.2, 0) is 14.3 Å². The number of aliphatic hydroxyl groups excluding tert-OH is 1. The molecule has 0 heterocycles. The quantitative estimate of drug-likeness (QED) is 0.551. The predicted molar refractivity (Wildman–Crippen MR) is 116 cm³/mol. The molecule has 0 saturated heterocycles. The summed E-state index contributed by atoms with van der Waals surface area (Å²) in [5.41, 5.74) is 1.71. The van der Waals surface area contributed by atoms with Crippen molar-refractivity contribution in [1.29, 1.82) is 0 Å². The number of allylic oxidation sites excluding steroid dienone is 6. The van der Waals surface area contributed by atoms with Gasteiger partial charge in [-0.05, 0) is 78.6 Å². The highest BCUT2D eigenvalue weighted by Crippen LogP contribution is 2.54. The third-order valence-electron chi connectivity index (χ3n) is 8.02. The third kappa shape index (κ3) is 3.56. The van der Waals surface area contributed by atoms with Crippen molar-refractivity contribution in [1.82, 2.24) is 0 Å². The number of Topliss-reactive ketones (excluding diaryl/α,β-unsaturated/α-hetero) is 1. The first-order chi connectivity index (χ1) is 14.5. The van der Waals surface area contributed by atoms with E-state index < -0.39 is 0 Å². The van der Waals surface area contributed by atoms with Crippen LogP contribution >= 0.6 is 0 Å². The minimum absolute atomic E-state index is 0.125. The van der Waals surface area contributed by atoms with Crippen molar-refractivity contribution >= 4 is 11.8 Å². The lowest BCUT2D eigenvalue weighted by molar-refractivity contribution is -0.136. The Morgan fingerprint density at radius 3 is 2.30 bits per heavy atom. The van der Waals surface area contributed by atoms with Crippen molar-refractivity contribution in [2.75, 3.05) is 13.7 Å². The molecule has 5 aliphatic rings. The predicted octanol–water partition coefficient (Wildman–Crippen LogP) is 4.05. The third-order valence-corrected chi connectivity index (χ3v) is 8.02. The van der Waals surface area contributed by atoms with Crippen molar-refractivity contribution in [3.05, 3.63) is 60.8 Å². The molecule has 4 heteroatoms. The Kier molecular flexibility index (Phi) is 5.97. The number of esters is 1. The average molecular weight is 409 g/mol. The molecule has 0 aromatic carbocycles. The summed E-state index contributed by atoms with van der Waals surface area (Å²) in [5.74, 6) is 4.34. The van der Waals surface area contributed by atoms with Crippen LogP contribution in [0.2, 0.25) is 0 Å². The minimum atomic E-state index is -0.372. The fourth-order valence-corrected chi connectivity index (χ4v) is 6.50. The van der Waals surface area contributed by atoms with Gasteiger partial charge in [0, 0.05) is 5.57 Å². The van der Waals surface area contributed by atoms with Crippen LogP contribution < -0.4 is 0 Å². The Morgan fingerprint density at radius 1 is 1.00 bits per heavy atom. The summed E-state index contributed by atoms with van der Waals surface area (Å²) in [6, 6.07) is 0. The molecule has 2 fully saturated rings. The fraction of sp³-hybridized carbons (Fsp3) is 0.538. The molecular formula is C26H32O4. The SMILES string of the molecule is C=CC1CC(C=C)C2CC(C(=O)CO)=CC12.COC(=O)C1=CC2C3C=C[C@@H](C3)[C@@H]2C1. The smallest absolute Gasteiger partial charge is 0.333 e. The van der Waals surface area contributed by atoms with Crippen molar-refractivity contribution in [2.45, 2.75) is 25.7 Å². The topological polar surface area (TPSA) is 63.6 Å². The second-order valence-electron chi connectivity index (χ2n) is 9.33. The summed E-state index contributed by atoms with van der Waals surface area (Å²) in [7, 11) is 1.46. The van der Waals surface area contributed by atoms with Gasteiger partial charge in [-0.1, -0.05) is 36.5 Å². The first-order valence-electron chi connectivity index (χ1n) is 11.1. The number of ether oxygens (including phenoxy) is 1. The number of aliphatic hydroxyl groups is 1. The highest BCUT2D eigenvalue weighted by atomic mass is 16.5. The molecule has 0 amide bonds. The zero-order chi connectivity index (χ0) is 21.4. The number of carbonyl (C=O) groups is 2. The van der Waals surface area contributed by atoms with Gasteiger partial charge in [-0.2, -0.15) is 0 Å². The second kappa shape index (κ2) is 8.50. The van der Waals surface area contributed by atoms with E-state index in [0.717, 1.165) is 36.3 Å². The number of hydrogen-bond donors (Lipinski definition) is 1. The minimum Gasteiger partial charge on any atom is -0.466 e. The van der Waals surface area contributed by atoms with Crippen molar-refractivity contribution < 1.29 is 19.4 Å². The fourth-order valence-electron chi connectivity index (χ4n) is 6.50. The van der Waals surface area contributed by atoms with Gasteiger partial charge in [0.1, 0.15) is 6.61 Å². The van der Waals surface area contributed by atoms with E-state index in [1.807, 2.05) is 12.2 Å². The van der Waals surface area contributed by atoms with Gasteiger partial charge in [-0.25, -0.2) is 4.79 Å². The first kappa shape index (κ1) is 21.0. The highest BCUT2D eigenvalue weighted by molar-refractivity contribution is 5.96. The van der Waals surface area contributed by atoms with Crippen molar-refractivity contribution in [2.24, 2.45) is 47.3 Å². The molecule has 0 radical (unpaired) electrons. The van der Waals surface area contributed by atoms with Gasteiger partial charge in [0.05, 0.1) is 7.11 Å². The molecule has 0 aromatic heterocycles. The molecule has 2 saturated carbocycles. The van der Waals surface area contributed by atoms with E-state index in [2.05, 4.69) is 37.5 Å². The Morgan fingerprint density at radius 2 is 1.67 bits per heavy atom. The lowest BCUT2D eigenvalue weighted by Crippen LogP contribution is -2.13. The molecule has 4 nitrogen and oxygen atoms in total. The van der Waals surface area contributed by atoms with Crippen molar-refractivity contribution in [3.63, 3.8) is 0 Å². The van der Waals surface area contributed by atoms with Crippen LogP contribution in [0, 0.1) is 47.3 Å². The molecule has 2 bridgehead atoms. The standard InChI is InChI=1S/C14H18O2.C12H14O2/c1-3-9-5-10(4-2)13-7-11(6-12(9)13)14(16)8-15;1-14-12(13)9-5-10-7-2-3-8(4-7)11(10)6-9/h3-4,6,9-10,12-13,15H,1-2,5,7-8H2;2-3,5,7-8,10-11H,4,6H2,1H3/t;7?,8-,10?,11-/m.0/s1. The lowest BCUT2D eigenvalue weighted by Gasteiger charge is -2.19. The van der Waals surface area contributed by atoms with E-state index >= 15 is 0 Å². The molecule has 160 valence electrons. The highest BCUT2D eigenvalue weighted by Gasteiger charge is 2.47. The van der Waals surface area contributed by atoms with Gasteiger partial charge in [-0.3, -0.25) is 4.79 Å². The molecule has 0 spiro atoms. The van der Waals surface area contributed by atoms with Crippen LogP contribution in [0.5, 0.6) is 0 Å². The molecule has 0 aromatic rings. The van der Waals surface area contributed by atoms with Crippen LogP contribution in [0.1, 0.15) is 25.7 Å². The van der Waals surface area contributed by atoms with E-state index in [-0.39, 0.29) is 18.4 Å². The van der Waals surface area contributed by atoms with Gasteiger partial charge in [0.15, 0.2) is 5.78 Å². The number of ketones is 1. The molecule has 8 atom stereocenters. The van der Waals surface area contributed by atoms with Crippen LogP contribution in [0.25, 0.3) is 0 Å². The van der Waals surface area contributed by atoms with Gasteiger partial charge < -0.3 is 9.84 Å². The summed E-state index contributed by atoms with van der Waals surface area (Å²) < 4.78 is 4.76. The first-order valence-corrected chi connectivity index (χ1v) is 11.1. The largest absolute Gasteiger partial charge is 0.466 e. The molecule has 5 aliphatic carbocycles. The van der Waals surface area contributed by atoms with Crippen LogP contribution in [-0.4, -0.2) is 30.6 Å². The maximum atomic E-state index is 11.5. The summed E-state index contributed by atoms with van der Waals surface area (Å²) >= 11 is 0. The summed E-state index contributed by atoms with van der Waals surface area (Å²) in [4.78, 5) is 22.8. The zero-order valence-electron chi connectivity index (χ0n) is 17.7. The second-order valence-corrected chi connectivity index (χ2v) is 9.33. The molecule has 0 aliphatic heterocycles.